The van der Waals surface area contributed by atoms with Gasteiger partial charge in [-0.3, -0.25) is 0 Å². The van der Waals surface area contributed by atoms with E-state index in [2.05, 4.69) is 28.9 Å². The highest BCUT2D eigenvalue weighted by atomic mass is 35.5. The molecule has 0 amide bonds. The molecule has 2 aromatic heterocycles. The van der Waals surface area contributed by atoms with E-state index in [1.165, 1.54) is 0 Å². The summed E-state index contributed by atoms with van der Waals surface area (Å²) in [7, 11) is 1.61. The number of alkyl halides is 1. The summed E-state index contributed by atoms with van der Waals surface area (Å²) in [5, 5.41) is 5.38. The van der Waals surface area contributed by atoms with Crippen LogP contribution >= 0.6 is 11.6 Å². The molecule has 0 fully saturated rings. The van der Waals surface area contributed by atoms with Gasteiger partial charge in [0, 0.05) is 16.7 Å². The van der Waals surface area contributed by atoms with E-state index in [-0.39, 0.29) is 11.4 Å². The van der Waals surface area contributed by atoms with Crippen molar-refractivity contribution >= 4 is 34.1 Å². The Morgan fingerprint density at radius 2 is 2.09 bits per heavy atom. The van der Waals surface area contributed by atoms with Crippen LogP contribution in [0.2, 0.25) is 0 Å². The van der Waals surface area contributed by atoms with Crippen LogP contribution in [0, 0.1) is 0 Å². The Bertz CT molecular complexity index is 843. The molecule has 116 valence electrons. The number of nitrogen functional groups attached to an aromatic ring is 1. The molecule has 0 saturated heterocycles. The van der Waals surface area contributed by atoms with Crippen LogP contribution in [0.1, 0.15) is 26.1 Å². The van der Waals surface area contributed by atoms with Crippen LogP contribution < -0.4 is 10.5 Å². The number of hydrogen-bond acceptors (Lipinski definition) is 5. The molecule has 3 rings (SSSR count). The van der Waals surface area contributed by atoms with Crippen molar-refractivity contribution in [2.45, 2.75) is 25.7 Å². The molecule has 0 spiro atoms. The fraction of sp³-hybridized carbons (Fsp3) is 0.400. The lowest BCUT2D eigenvalue weighted by Gasteiger charge is -2.18. The van der Waals surface area contributed by atoms with Gasteiger partial charge in [0.05, 0.1) is 7.11 Å². The van der Waals surface area contributed by atoms with Crippen molar-refractivity contribution in [2.24, 2.45) is 0 Å². The number of ether oxygens (including phenoxy) is 1. The maximum atomic E-state index is 6.04. The summed E-state index contributed by atoms with van der Waals surface area (Å²) in [6, 6.07) is 5.68. The summed E-state index contributed by atoms with van der Waals surface area (Å²) in [6.45, 7) is 4.13. The standard InChI is InChI=1S/C15H18ClN5O/c1-15(2,7-8-16)13-19-12-9-5-4-6-10(22-3)11(9)18-14(17)21(12)20-13/h4-6H,7-8H2,1-3H3,(H2,17,18). The summed E-state index contributed by atoms with van der Waals surface area (Å²) in [5.41, 5.74) is 7.18. The molecule has 0 saturated carbocycles. The van der Waals surface area contributed by atoms with Gasteiger partial charge in [0.15, 0.2) is 11.5 Å². The van der Waals surface area contributed by atoms with Crippen molar-refractivity contribution in [1.82, 2.24) is 19.6 Å². The molecule has 2 N–H and O–H groups in total. The number of para-hydroxylation sites is 1. The molecule has 0 aliphatic rings. The van der Waals surface area contributed by atoms with E-state index < -0.39 is 0 Å². The van der Waals surface area contributed by atoms with Crippen molar-refractivity contribution < 1.29 is 4.74 Å². The fourth-order valence-corrected chi connectivity index (χ4v) is 2.90. The molecule has 22 heavy (non-hydrogen) atoms. The van der Waals surface area contributed by atoms with E-state index in [9.17, 15) is 0 Å². The smallest absolute Gasteiger partial charge is 0.223 e. The molecule has 0 aliphatic heterocycles. The minimum absolute atomic E-state index is 0.231. The van der Waals surface area contributed by atoms with E-state index in [1.807, 2.05) is 18.2 Å². The van der Waals surface area contributed by atoms with Gasteiger partial charge in [0.25, 0.3) is 0 Å². The van der Waals surface area contributed by atoms with Crippen LogP contribution in [-0.2, 0) is 5.41 Å². The maximum Gasteiger partial charge on any atom is 0.223 e. The summed E-state index contributed by atoms with van der Waals surface area (Å²) >= 11 is 5.88. The minimum Gasteiger partial charge on any atom is -0.494 e. The third-order valence-electron chi connectivity index (χ3n) is 3.84. The largest absolute Gasteiger partial charge is 0.494 e. The van der Waals surface area contributed by atoms with Gasteiger partial charge in [-0.1, -0.05) is 19.9 Å². The number of anilines is 1. The first-order valence-electron chi connectivity index (χ1n) is 7.03. The first-order chi connectivity index (χ1) is 10.5. The van der Waals surface area contributed by atoms with Crippen LogP contribution in [0.3, 0.4) is 0 Å². The Labute approximate surface area is 133 Å². The Kier molecular flexibility index (Phi) is 3.56. The van der Waals surface area contributed by atoms with Gasteiger partial charge in [0.2, 0.25) is 5.95 Å². The van der Waals surface area contributed by atoms with Gasteiger partial charge < -0.3 is 10.5 Å². The summed E-state index contributed by atoms with van der Waals surface area (Å²) in [6.07, 6.45) is 0.778. The molecule has 0 radical (unpaired) electrons. The summed E-state index contributed by atoms with van der Waals surface area (Å²) in [4.78, 5) is 9.09. The van der Waals surface area contributed by atoms with E-state index >= 15 is 0 Å². The zero-order valence-electron chi connectivity index (χ0n) is 12.8. The Balaban J connectivity index is 2.32. The van der Waals surface area contributed by atoms with E-state index in [0.29, 0.717) is 28.6 Å². The number of halogens is 1. The van der Waals surface area contributed by atoms with Crippen molar-refractivity contribution in [1.29, 1.82) is 0 Å². The molecule has 0 aliphatic carbocycles. The van der Waals surface area contributed by atoms with Gasteiger partial charge in [-0.2, -0.15) is 4.52 Å². The number of nitrogens with zero attached hydrogens (tertiary/aromatic N) is 4. The molecule has 6 nitrogen and oxygen atoms in total. The first kappa shape index (κ1) is 14.8. The highest BCUT2D eigenvalue weighted by Gasteiger charge is 2.26. The Hall–Kier alpha value is -2.08. The molecular weight excluding hydrogens is 302 g/mol. The predicted molar refractivity (Wildman–Crippen MR) is 87.6 cm³/mol. The number of benzene rings is 1. The molecule has 0 unspecified atom stereocenters. The third kappa shape index (κ3) is 2.23. The zero-order valence-corrected chi connectivity index (χ0v) is 13.6. The topological polar surface area (TPSA) is 78.3 Å². The van der Waals surface area contributed by atoms with Crippen LogP contribution in [0.15, 0.2) is 18.2 Å². The van der Waals surface area contributed by atoms with E-state index in [4.69, 9.17) is 22.1 Å². The molecule has 7 heteroatoms. The van der Waals surface area contributed by atoms with Crippen LogP contribution in [0.25, 0.3) is 16.6 Å². The van der Waals surface area contributed by atoms with Crippen molar-refractivity contribution in [3.05, 3.63) is 24.0 Å². The van der Waals surface area contributed by atoms with E-state index in [0.717, 1.165) is 11.8 Å². The third-order valence-corrected chi connectivity index (χ3v) is 4.02. The number of aromatic nitrogens is 4. The van der Waals surface area contributed by atoms with Crippen molar-refractivity contribution in [2.75, 3.05) is 18.7 Å². The Morgan fingerprint density at radius 3 is 2.77 bits per heavy atom. The second-order valence-corrected chi connectivity index (χ2v) is 6.20. The molecule has 1 aromatic carbocycles. The second kappa shape index (κ2) is 5.28. The molecular formula is C15H18ClN5O. The Morgan fingerprint density at radius 1 is 1.32 bits per heavy atom. The monoisotopic (exact) mass is 319 g/mol. The lowest BCUT2D eigenvalue weighted by atomic mass is 9.89. The quantitative estimate of drug-likeness (QED) is 0.748. The first-order valence-corrected chi connectivity index (χ1v) is 7.57. The van der Waals surface area contributed by atoms with Crippen LogP contribution in [0.5, 0.6) is 5.75 Å². The highest BCUT2D eigenvalue weighted by Crippen LogP contribution is 2.30. The predicted octanol–water partition coefficient (Wildman–Crippen LogP) is 2.77. The maximum absolute atomic E-state index is 6.04. The number of hydrogen-bond donors (Lipinski definition) is 1. The SMILES string of the molecule is COc1cccc2c1nc(N)n1nc(C(C)(C)CCCl)nc21. The lowest BCUT2D eigenvalue weighted by Crippen LogP contribution is -2.20. The van der Waals surface area contributed by atoms with E-state index in [1.54, 1.807) is 11.6 Å². The summed E-state index contributed by atoms with van der Waals surface area (Å²) < 4.78 is 6.93. The zero-order chi connectivity index (χ0) is 15.9. The molecule has 3 aromatic rings. The number of rotatable bonds is 4. The van der Waals surface area contributed by atoms with Gasteiger partial charge in [-0.15, -0.1) is 16.7 Å². The number of nitrogens with two attached hydrogens (primary N) is 1. The second-order valence-electron chi connectivity index (χ2n) is 5.82. The fourth-order valence-electron chi connectivity index (χ4n) is 2.43. The van der Waals surface area contributed by atoms with Crippen LogP contribution in [0.4, 0.5) is 5.95 Å². The molecule has 2 heterocycles. The minimum atomic E-state index is -0.231. The van der Waals surface area contributed by atoms with Crippen LogP contribution in [-0.4, -0.2) is 32.6 Å². The average Bonchev–Trinajstić information content (AvgIpc) is 2.94. The number of fused-ring (bicyclic) bond motifs is 3. The van der Waals surface area contributed by atoms with Crippen molar-refractivity contribution in [3.63, 3.8) is 0 Å². The lowest BCUT2D eigenvalue weighted by molar-refractivity contribution is 0.419. The van der Waals surface area contributed by atoms with Gasteiger partial charge >= 0.3 is 0 Å². The molecule has 0 bridgehead atoms. The van der Waals surface area contributed by atoms with Crippen molar-refractivity contribution in [3.8, 4) is 5.75 Å². The normalized spacial score (nSPS) is 12.2. The van der Waals surface area contributed by atoms with Gasteiger partial charge in [-0.05, 0) is 18.6 Å². The average molecular weight is 320 g/mol. The van der Waals surface area contributed by atoms with Gasteiger partial charge in [-0.25, -0.2) is 9.97 Å². The number of methoxy groups -OCH3 is 1. The van der Waals surface area contributed by atoms with Gasteiger partial charge in [0.1, 0.15) is 11.3 Å². The summed E-state index contributed by atoms with van der Waals surface area (Å²) in [5.74, 6) is 2.20. The highest BCUT2D eigenvalue weighted by molar-refractivity contribution is 6.17. The molecule has 0 atom stereocenters.